The second kappa shape index (κ2) is 6.88. The molecule has 1 unspecified atom stereocenters. The number of piperidine rings is 1. The molecule has 1 aliphatic heterocycles. The van der Waals surface area contributed by atoms with Gasteiger partial charge in [0.05, 0.1) is 0 Å². The molecule has 1 aliphatic rings. The zero-order valence-electron chi connectivity index (χ0n) is 13.9. The van der Waals surface area contributed by atoms with Crippen LogP contribution in [-0.4, -0.2) is 49.5 Å². The molecule has 4 rings (SSSR count). The summed E-state index contributed by atoms with van der Waals surface area (Å²) in [7, 11) is 0. The number of hydrogen-bond acceptors (Lipinski definition) is 4. The van der Waals surface area contributed by atoms with Crippen LogP contribution in [0.1, 0.15) is 29.2 Å². The molecule has 1 amide bonds. The number of nitrogens with zero attached hydrogens (tertiary/aromatic N) is 4. The van der Waals surface area contributed by atoms with Crippen molar-refractivity contribution in [3.05, 3.63) is 54.0 Å². The number of amides is 1. The lowest BCUT2D eigenvalue weighted by molar-refractivity contribution is 0.0667. The van der Waals surface area contributed by atoms with Crippen LogP contribution in [0.2, 0.25) is 0 Å². The molecular formula is C18H20N6O. The summed E-state index contributed by atoms with van der Waals surface area (Å²) < 4.78 is 0. The van der Waals surface area contributed by atoms with E-state index in [4.69, 9.17) is 0 Å². The van der Waals surface area contributed by atoms with Gasteiger partial charge in [-0.05, 0) is 36.5 Å². The number of carbonyl (C=O) groups excluding carboxylic acids is 1. The molecule has 0 radical (unpaired) electrons. The number of benzene rings is 1. The molecule has 128 valence electrons. The fraction of sp³-hybridized carbons (Fsp3) is 0.333. The number of nitrogens with one attached hydrogen (secondary N) is 2. The molecule has 0 spiro atoms. The van der Waals surface area contributed by atoms with Crippen LogP contribution in [0.25, 0.3) is 11.3 Å². The van der Waals surface area contributed by atoms with Crippen molar-refractivity contribution in [1.82, 2.24) is 30.5 Å². The van der Waals surface area contributed by atoms with Crippen molar-refractivity contribution in [2.75, 3.05) is 13.1 Å². The lowest BCUT2D eigenvalue weighted by Crippen LogP contribution is -2.40. The summed E-state index contributed by atoms with van der Waals surface area (Å²) in [4.78, 5) is 18.0. The van der Waals surface area contributed by atoms with Crippen molar-refractivity contribution >= 4 is 5.91 Å². The molecule has 25 heavy (non-hydrogen) atoms. The highest BCUT2D eigenvalue weighted by molar-refractivity contribution is 5.93. The van der Waals surface area contributed by atoms with Gasteiger partial charge < -0.3 is 9.88 Å². The van der Waals surface area contributed by atoms with Crippen LogP contribution in [0, 0.1) is 5.92 Å². The summed E-state index contributed by atoms with van der Waals surface area (Å²) in [6, 6.07) is 13.9. The third-order valence-electron chi connectivity index (χ3n) is 4.67. The first-order valence-electron chi connectivity index (χ1n) is 8.55. The third kappa shape index (κ3) is 3.45. The van der Waals surface area contributed by atoms with Crippen LogP contribution in [0.15, 0.2) is 42.5 Å². The summed E-state index contributed by atoms with van der Waals surface area (Å²) in [5.74, 6) is 1.14. The Labute approximate surface area is 145 Å². The number of hydrogen-bond donors (Lipinski definition) is 2. The van der Waals surface area contributed by atoms with Crippen molar-refractivity contribution < 1.29 is 4.79 Å². The van der Waals surface area contributed by atoms with Gasteiger partial charge in [0.2, 0.25) is 0 Å². The standard InChI is InChI=1S/C18H20N6O/c25-18(16-9-8-15(19-16)14-6-2-1-3-7-14)24-10-4-5-13(12-24)11-17-20-22-23-21-17/h1-3,6-9,13,19H,4-5,10-12H2,(H,20,21,22,23). The van der Waals surface area contributed by atoms with Crippen molar-refractivity contribution in [3.8, 4) is 11.3 Å². The van der Waals surface area contributed by atoms with Crippen molar-refractivity contribution in [2.24, 2.45) is 5.92 Å². The molecule has 1 saturated heterocycles. The molecule has 7 nitrogen and oxygen atoms in total. The molecule has 1 atom stereocenters. The Kier molecular flexibility index (Phi) is 4.28. The molecule has 3 heterocycles. The zero-order chi connectivity index (χ0) is 17.1. The average Bonchev–Trinajstić information content (AvgIpc) is 3.34. The molecule has 0 saturated carbocycles. The molecule has 3 aromatic rings. The van der Waals surface area contributed by atoms with Gasteiger partial charge in [0, 0.05) is 25.2 Å². The molecule has 1 aromatic carbocycles. The average molecular weight is 336 g/mol. The maximum Gasteiger partial charge on any atom is 0.270 e. The van der Waals surface area contributed by atoms with E-state index in [-0.39, 0.29) is 5.91 Å². The molecule has 2 N–H and O–H groups in total. The maximum atomic E-state index is 12.8. The lowest BCUT2D eigenvalue weighted by atomic mass is 9.94. The number of carbonyl (C=O) groups is 1. The van der Waals surface area contributed by atoms with Gasteiger partial charge in [0.1, 0.15) is 5.69 Å². The Morgan fingerprint density at radius 1 is 1.20 bits per heavy atom. The summed E-state index contributed by atoms with van der Waals surface area (Å²) >= 11 is 0. The summed E-state index contributed by atoms with van der Waals surface area (Å²) in [5, 5.41) is 14.1. The number of aromatic amines is 2. The predicted molar refractivity (Wildman–Crippen MR) is 92.7 cm³/mol. The van der Waals surface area contributed by atoms with E-state index in [1.807, 2.05) is 47.4 Å². The van der Waals surface area contributed by atoms with E-state index in [1.165, 1.54) is 0 Å². The van der Waals surface area contributed by atoms with E-state index in [9.17, 15) is 4.79 Å². The Bertz CT molecular complexity index is 826. The lowest BCUT2D eigenvalue weighted by Gasteiger charge is -2.32. The normalized spacial score (nSPS) is 17.6. The van der Waals surface area contributed by atoms with Crippen LogP contribution >= 0.6 is 0 Å². The molecule has 0 bridgehead atoms. The summed E-state index contributed by atoms with van der Waals surface area (Å²) in [6.07, 6.45) is 2.83. The maximum absolute atomic E-state index is 12.8. The summed E-state index contributed by atoms with van der Waals surface area (Å²) in [5.41, 5.74) is 2.68. The van der Waals surface area contributed by atoms with E-state index in [0.717, 1.165) is 43.6 Å². The van der Waals surface area contributed by atoms with E-state index in [1.54, 1.807) is 0 Å². The van der Waals surface area contributed by atoms with Gasteiger partial charge in [-0.25, -0.2) is 0 Å². The van der Waals surface area contributed by atoms with Gasteiger partial charge in [-0.2, -0.15) is 5.21 Å². The van der Waals surface area contributed by atoms with E-state index in [2.05, 4.69) is 25.6 Å². The Morgan fingerprint density at radius 3 is 2.88 bits per heavy atom. The minimum absolute atomic E-state index is 0.0555. The Balaban J connectivity index is 1.44. The largest absolute Gasteiger partial charge is 0.351 e. The molecule has 0 aliphatic carbocycles. The van der Waals surface area contributed by atoms with Gasteiger partial charge in [0.25, 0.3) is 5.91 Å². The fourth-order valence-corrected chi connectivity index (χ4v) is 3.42. The van der Waals surface area contributed by atoms with E-state index >= 15 is 0 Å². The zero-order valence-corrected chi connectivity index (χ0v) is 13.9. The predicted octanol–water partition coefficient (Wildman–Crippen LogP) is 2.29. The van der Waals surface area contributed by atoms with E-state index in [0.29, 0.717) is 17.4 Å². The first kappa shape index (κ1) is 15.6. The first-order valence-corrected chi connectivity index (χ1v) is 8.55. The van der Waals surface area contributed by atoms with Crippen LogP contribution in [-0.2, 0) is 6.42 Å². The van der Waals surface area contributed by atoms with Gasteiger partial charge >= 0.3 is 0 Å². The number of tetrazole rings is 1. The fourth-order valence-electron chi connectivity index (χ4n) is 3.42. The van der Waals surface area contributed by atoms with Crippen LogP contribution in [0.3, 0.4) is 0 Å². The van der Waals surface area contributed by atoms with Gasteiger partial charge in [-0.15, -0.1) is 10.2 Å². The number of aromatic nitrogens is 5. The van der Waals surface area contributed by atoms with Crippen LogP contribution in [0.4, 0.5) is 0 Å². The van der Waals surface area contributed by atoms with Crippen LogP contribution < -0.4 is 0 Å². The molecule has 2 aromatic heterocycles. The van der Waals surface area contributed by atoms with Gasteiger partial charge in [-0.1, -0.05) is 35.5 Å². The van der Waals surface area contributed by atoms with Crippen molar-refractivity contribution in [2.45, 2.75) is 19.3 Å². The highest BCUT2D eigenvalue weighted by atomic mass is 16.2. The number of H-pyrrole nitrogens is 2. The second-order valence-corrected chi connectivity index (χ2v) is 6.44. The first-order chi connectivity index (χ1) is 12.3. The van der Waals surface area contributed by atoms with Crippen molar-refractivity contribution in [3.63, 3.8) is 0 Å². The molecular weight excluding hydrogens is 316 g/mol. The SMILES string of the molecule is O=C(c1ccc(-c2ccccc2)[nH]1)N1CCCC(Cc2nn[nH]n2)C1. The Morgan fingerprint density at radius 2 is 2.08 bits per heavy atom. The Hall–Kier alpha value is -2.96. The minimum atomic E-state index is 0.0555. The molecule has 1 fully saturated rings. The topological polar surface area (TPSA) is 90.6 Å². The highest BCUT2D eigenvalue weighted by Gasteiger charge is 2.26. The summed E-state index contributed by atoms with van der Waals surface area (Å²) in [6.45, 7) is 1.52. The quantitative estimate of drug-likeness (QED) is 0.765. The minimum Gasteiger partial charge on any atom is -0.351 e. The smallest absolute Gasteiger partial charge is 0.270 e. The van der Waals surface area contributed by atoms with E-state index < -0.39 is 0 Å². The van der Waals surface area contributed by atoms with Crippen molar-refractivity contribution in [1.29, 1.82) is 0 Å². The number of likely N-dealkylation sites (tertiary alicyclic amines) is 1. The molecule has 7 heteroatoms. The monoisotopic (exact) mass is 336 g/mol. The number of rotatable bonds is 4. The van der Waals surface area contributed by atoms with Gasteiger partial charge in [0.15, 0.2) is 5.82 Å². The third-order valence-corrected chi connectivity index (χ3v) is 4.67. The highest BCUT2D eigenvalue weighted by Crippen LogP contribution is 2.23. The van der Waals surface area contributed by atoms with Gasteiger partial charge in [-0.3, -0.25) is 4.79 Å². The van der Waals surface area contributed by atoms with Crippen LogP contribution in [0.5, 0.6) is 0 Å². The second-order valence-electron chi connectivity index (χ2n) is 6.44.